The molecule has 0 radical (unpaired) electrons. The fraction of sp³-hybridized carbons (Fsp3) is 0.625. The highest BCUT2D eigenvalue weighted by Gasteiger charge is 2.71. The minimum Gasteiger partial charge on any atom is -0.321 e. The maximum atomic E-state index is 6.28. The maximum Gasteiger partial charge on any atom is 0.282 e. The van der Waals surface area contributed by atoms with E-state index in [4.69, 9.17) is 14.2 Å². The van der Waals surface area contributed by atoms with Crippen LogP contribution in [0.15, 0.2) is 30.3 Å². The van der Waals surface area contributed by atoms with Crippen LogP contribution in [-0.2, 0) is 14.2 Å². The molecule has 4 aliphatic heterocycles. The first-order valence-corrected chi connectivity index (χ1v) is 8.56. The topological polar surface area (TPSA) is 27.7 Å². The summed E-state index contributed by atoms with van der Waals surface area (Å²) >= 11 is 0. The first-order valence-electron chi connectivity index (χ1n) is 7.22. The Balaban J connectivity index is 1.87. The van der Waals surface area contributed by atoms with Gasteiger partial charge >= 0.3 is 0 Å². The third-order valence-corrected chi connectivity index (χ3v) is 7.81. The van der Waals surface area contributed by atoms with Crippen molar-refractivity contribution in [3.63, 3.8) is 0 Å². The monoisotopic (exact) mass is 292 g/mol. The predicted molar refractivity (Wildman–Crippen MR) is 79.1 cm³/mol. The fourth-order valence-corrected chi connectivity index (χ4v) is 8.84. The second-order valence-corrected chi connectivity index (χ2v) is 10.1. The van der Waals surface area contributed by atoms with E-state index in [1.165, 1.54) is 5.30 Å². The third kappa shape index (κ3) is 1.67. The molecule has 0 saturated carbocycles. The van der Waals surface area contributed by atoms with Gasteiger partial charge in [-0.05, 0) is 34.0 Å². The highest BCUT2D eigenvalue weighted by molar-refractivity contribution is 7.68. The van der Waals surface area contributed by atoms with Gasteiger partial charge in [0.2, 0.25) is 0 Å². The van der Waals surface area contributed by atoms with E-state index in [9.17, 15) is 0 Å². The quantitative estimate of drug-likeness (QED) is 0.741. The summed E-state index contributed by atoms with van der Waals surface area (Å²) in [5, 5.41) is 1.01. The van der Waals surface area contributed by atoms with Crippen molar-refractivity contribution in [2.45, 2.75) is 62.8 Å². The summed E-state index contributed by atoms with van der Waals surface area (Å²) in [6.07, 6.45) is 1.88. The van der Waals surface area contributed by atoms with Gasteiger partial charge < -0.3 is 14.2 Å². The Labute approximate surface area is 121 Å². The van der Waals surface area contributed by atoms with Gasteiger partial charge in [0.1, 0.15) is 0 Å². The molecule has 4 aliphatic rings. The van der Waals surface area contributed by atoms with E-state index in [-0.39, 0.29) is 16.3 Å². The number of hydrogen-bond acceptors (Lipinski definition) is 3. The average molecular weight is 292 g/mol. The summed E-state index contributed by atoms with van der Waals surface area (Å²) in [6, 6.07) is 10.7. The zero-order valence-corrected chi connectivity index (χ0v) is 13.4. The lowest BCUT2D eigenvalue weighted by Gasteiger charge is -2.69. The highest BCUT2D eigenvalue weighted by atomic mass is 31.1. The Morgan fingerprint density at radius 3 is 1.90 bits per heavy atom. The van der Waals surface area contributed by atoms with Crippen LogP contribution in [-0.4, -0.2) is 22.3 Å². The number of rotatable bonds is 1. The molecule has 4 heteroatoms. The van der Waals surface area contributed by atoms with Crippen molar-refractivity contribution in [1.82, 2.24) is 0 Å². The van der Waals surface area contributed by atoms with E-state index in [0.717, 1.165) is 12.8 Å². The van der Waals surface area contributed by atoms with Crippen LogP contribution in [0.25, 0.3) is 0 Å². The summed E-state index contributed by atoms with van der Waals surface area (Å²) in [7, 11) is -0.553. The van der Waals surface area contributed by atoms with Crippen LogP contribution in [0.5, 0.6) is 0 Å². The minimum absolute atomic E-state index is 0.137. The van der Waals surface area contributed by atoms with E-state index in [0.29, 0.717) is 0 Å². The molecular formula is C16H21O3P. The molecule has 0 spiro atoms. The Bertz CT molecular complexity index is 514. The van der Waals surface area contributed by atoms with Gasteiger partial charge in [-0.15, -0.1) is 0 Å². The van der Waals surface area contributed by atoms with Gasteiger partial charge in [0.15, 0.2) is 0 Å². The number of ether oxygens (including phenoxy) is 3. The first kappa shape index (κ1) is 13.2. The molecule has 1 aromatic carbocycles. The lowest BCUT2D eigenvalue weighted by Crippen LogP contribution is -2.72. The van der Waals surface area contributed by atoms with Crippen molar-refractivity contribution in [3.8, 4) is 0 Å². The van der Waals surface area contributed by atoms with Gasteiger partial charge in [-0.1, -0.05) is 30.3 Å². The van der Waals surface area contributed by atoms with Crippen molar-refractivity contribution in [2.24, 2.45) is 0 Å². The van der Waals surface area contributed by atoms with E-state index < -0.39 is 13.9 Å². The number of benzene rings is 1. The molecule has 0 aromatic heterocycles. The second kappa shape index (κ2) is 3.64. The van der Waals surface area contributed by atoms with Crippen LogP contribution >= 0.6 is 7.92 Å². The Kier molecular flexibility index (Phi) is 2.41. The maximum absolute atomic E-state index is 6.28. The van der Waals surface area contributed by atoms with Crippen LogP contribution in [0.3, 0.4) is 0 Å². The molecule has 4 saturated heterocycles. The van der Waals surface area contributed by atoms with Crippen LogP contribution in [0, 0.1) is 0 Å². The first-order chi connectivity index (χ1) is 9.26. The summed E-state index contributed by atoms with van der Waals surface area (Å²) < 4.78 is 18.6. The summed E-state index contributed by atoms with van der Waals surface area (Å²) in [4.78, 5) is 0. The molecule has 4 bridgehead atoms. The highest BCUT2D eigenvalue weighted by Crippen LogP contribution is 2.75. The van der Waals surface area contributed by atoms with E-state index >= 15 is 0 Å². The smallest absolute Gasteiger partial charge is 0.282 e. The average Bonchev–Trinajstić information content (AvgIpc) is 2.22. The van der Waals surface area contributed by atoms with Gasteiger partial charge in [-0.25, -0.2) is 0 Å². The van der Waals surface area contributed by atoms with Gasteiger partial charge in [0.05, 0.1) is 16.3 Å². The van der Waals surface area contributed by atoms with Crippen molar-refractivity contribution in [1.29, 1.82) is 0 Å². The molecule has 108 valence electrons. The molecule has 4 fully saturated rings. The second-order valence-electron chi connectivity index (χ2n) is 6.99. The van der Waals surface area contributed by atoms with Crippen molar-refractivity contribution >= 4 is 13.2 Å². The zero-order valence-electron chi connectivity index (χ0n) is 12.5. The molecule has 5 rings (SSSR count). The van der Waals surface area contributed by atoms with E-state index in [1.807, 2.05) is 6.92 Å². The normalized spacial score (nSPS) is 53.3. The lowest BCUT2D eigenvalue weighted by molar-refractivity contribution is -0.500. The molecule has 0 amide bonds. The van der Waals surface area contributed by atoms with Crippen LogP contribution in [0.1, 0.15) is 40.5 Å². The zero-order chi connectivity index (χ0) is 14.2. The van der Waals surface area contributed by atoms with Gasteiger partial charge in [0, 0.05) is 19.8 Å². The van der Waals surface area contributed by atoms with Gasteiger partial charge in [-0.3, -0.25) is 0 Å². The molecule has 20 heavy (non-hydrogen) atoms. The third-order valence-electron chi connectivity index (χ3n) is 4.61. The largest absolute Gasteiger partial charge is 0.321 e. The molecule has 4 heterocycles. The SMILES string of the molecule is CC12C[C@@]3(C)OC(C)(O1)O[C@@](C)(C2)P3c1ccccc1. The Morgan fingerprint density at radius 1 is 0.850 bits per heavy atom. The van der Waals surface area contributed by atoms with Gasteiger partial charge in [-0.2, -0.15) is 0 Å². The van der Waals surface area contributed by atoms with E-state index in [1.54, 1.807) is 0 Å². The summed E-state index contributed by atoms with van der Waals surface area (Å²) in [5.74, 6) is -0.887. The predicted octanol–water partition coefficient (Wildman–Crippen LogP) is 3.53. The Hall–Kier alpha value is -0.470. The van der Waals surface area contributed by atoms with Crippen LogP contribution < -0.4 is 5.30 Å². The fourth-order valence-electron chi connectivity index (χ4n) is 4.78. The van der Waals surface area contributed by atoms with E-state index in [2.05, 4.69) is 51.1 Å². The van der Waals surface area contributed by atoms with Gasteiger partial charge in [0.25, 0.3) is 5.97 Å². The summed E-state index contributed by atoms with van der Waals surface area (Å²) in [6.45, 7) is 8.59. The summed E-state index contributed by atoms with van der Waals surface area (Å²) in [5.41, 5.74) is -0.137. The van der Waals surface area contributed by atoms with Crippen LogP contribution in [0.2, 0.25) is 0 Å². The molecule has 5 atom stereocenters. The van der Waals surface area contributed by atoms with Crippen molar-refractivity contribution in [3.05, 3.63) is 30.3 Å². The minimum atomic E-state index is -0.887. The molecule has 3 nitrogen and oxygen atoms in total. The molecule has 1 aromatic rings. The molecule has 0 aliphatic carbocycles. The molecule has 0 N–H and O–H groups in total. The van der Waals surface area contributed by atoms with Crippen molar-refractivity contribution < 1.29 is 14.2 Å². The standard InChI is InChI=1S/C16H21O3P/c1-13-10-14(2)18-16(4,17-13)19-15(3,11-13)20(14)12-8-6-5-7-9-12/h5-9H,10-11H2,1-4H3/t13?,14-,15+,16?,20?. The van der Waals surface area contributed by atoms with Crippen LogP contribution in [0.4, 0.5) is 0 Å². The lowest BCUT2D eigenvalue weighted by atomic mass is 9.88. The molecular weight excluding hydrogens is 271 g/mol. The number of hydrogen-bond donors (Lipinski definition) is 0. The van der Waals surface area contributed by atoms with Crippen molar-refractivity contribution in [2.75, 3.05) is 0 Å². The Morgan fingerprint density at radius 2 is 1.40 bits per heavy atom. The molecule has 3 unspecified atom stereocenters.